The van der Waals surface area contributed by atoms with Crippen LogP contribution >= 0.6 is 11.6 Å². The minimum absolute atomic E-state index is 0.0357. The summed E-state index contributed by atoms with van der Waals surface area (Å²) in [5, 5.41) is 0.572. The SMILES string of the molecule is O=C(c1ccc(Cl)cc1)N1CCC(C(=O)N2CCN(C(=O)c3ccc(F)c(F)c3)CC2)CC1. The first kappa shape index (κ1) is 23.2. The van der Waals surface area contributed by atoms with Crippen LogP contribution < -0.4 is 0 Å². The topological polar surface area (TPSA) is 60.9 Å². The number of piperidine rings is 1. The molecule has 3 amide bonds. The molecule has 2 aliphatic rings. The van der Waals surface area contributed by atoms with Gasteiger partial charge in [0.2, 0.25) is 5.91 Å². The lowest BCUT2D eigenvalue weighted by Gasteiger charge is -2.38. The third-order valence-electron chi connectivity index (χ3n) is 6.27. The molecule has 0 aromatic heterocycles. The molecule has 0 unspecified atom stereocenters. The predicted octanol–water partition coefficient (Wildman–Crippen LogP) is 3.46. The van der Waals surface area contributed by atoms with E-state index in [0.29, 0.717) is 62.7 Å². The molecule has 0 bridgehead atoms. The number of benzene rings is 2. The van der Waals surface area contributed by atoms with E-state index in [0.717, 1.165) is 12.1 Å². The van der Waals surface area contributed by atoms with Crippen molar-refractivity contribution < 1.29 is 23.2 Å². The molecular weight excluding hydrogens is 452 g/mol. The van der Waals surface area contributed by atoms with Crippen molar-refractivity contribution in [2.24, 2.45) is 5.92 Å². The number of piperazine rings is 1. The van der Waals surface area contributed by atoms with Crippen LogP contribution in [0.3, 0.4) is 0 Å². The Morgan fingerprint density at radius 1 is 0.697 bits per heavy atom. The van der Waals surface area contributed by atoms with Crippen LogP contribution in [0.1, 0.15) is 33.6 Å². The summed E-state index contributed by atoms with van der Waals surface area (Å²) in [7, 11) is 0. The molecule has 2 aromatic rings. The van der Waals surface area contributed by atoms with E-state index < -0.39 is 11.6 Å². The number of amides is 3. The number of halogens is 3. The van der Waals surface area contributed by atoms with Crippen LogP contribution in [-0.2, 0) is 4.79 Å². The van der Waals surface area contributed by atoms with E-state index >= 15 is 0 Å². The molecular formula is C24H24ClF2N3O3. The second-order valence-corrected chi connectivity index (χ2v) is 8.76. The average molecular weight is 476 g/mol. The van der Waals surface area contributed by atoms with Crippen molar-refractivity contribution in [2.75, 3.05) is 39.3 Å². The molecule has 4 rings (SSSR count). The fourth-order valence-corrected chi connectivity index (χ4v) is 4.43. The quantitative estimate of drug-likeness (QED) is 0.683. The van der Waals surface area contributed by atoms with E-state index in [1.807, 2.05) is 0 Å². The summed E-state index contributed by atoms with van der Waals surface area (Å²) in [6, 6.07) is 9.86. The average Bonchev–Trinajstić information content (AvgIpc) is 2.85. The second-order valence-electron chi connectivity index (χ2n) is 8.32. The monoisotopic (exact) mass is 475 g/mol. The van der Waals surface area contributed by atoms with Gasteiger partial charge in [0, 0.05) is 61.3 Å². The Morgan fingerprint density at radius 2 is 1.21 bits per heavy atom. The van der Waals surface area contributed by atoms with Crippen molar-refractivity contribution in [1.29, 1.82) is 0 Å². The zero-order valence-corrected chi connectivity index (χ0v) is 18.7. The molecule has 33 heavy (non-hydrogen) atoms. The summed E-state index contributed by atoms with van der Waals surface area (Å²) in [4.78, 5) is 43.2. The molecule has 2 fully saturated rings. The molecule has 0 aliphatic carbocycles. The highest BCUT2D eigenvalue weighted by Gasteiger charge is 2.33. The van der Waals surface area contributed by atoms with Gasteiger partial charge in [0.25, 0.3) is 11.8 Å². The fourth-order valence-electron chi connectivity index (χ4n) is 4.30. The van der Waals surface area contributed by atoms with Crippen LogP contribution in [-0.4, -0.2) is 71.7 Å². The molecule has 2 heterocycles. The maximum atomic E-state index is 13.4. The lowest BCUT2D eigenvalue weighted by atomic mass is 9.94. The summed E-state index contributed by atoms with van der Waals surface area (Å²) >= 11 is 5.88. The van der Waals surface area contributed by atoms with Crippen molar-refractivity contribution in [3.63, 3.8) is 0 Å². The van der Waals surface area contributed by atoms with E-state index in [2.05, 4.69) is 0 Å². The number of carbonyl (C=O) groups excluding carboxylic acids is 3. The highest BCUT2D eigenvalue weighted by atomic mass is 35.5. The van der Waals surface area contributed by atoms with Gasteiger partial charge < -0.3 is 14.7 Å². The Hall–Kier alpha value is -3.00. The number of rotatable bonds is 3. The largest absolute Gasteiger partial charge is 0.339 e. The lowest BCUT2D eigenvalue weighted by molar-refractivity contribution is -0.138. The molecule has 0 N–H and O–H groups in total. The first-order chi connectivity index (χ1) is 15.8. The fraction of sp³-hybridized carbons (Fsp3) is 0.375. The van der Waals surface area contributed by atoms with Crippen molar-refractivity contribution in [3.05, 3.63) is 70.2 Å². The van der Waals surface area contributed by atoms with Gasteiger partial charge in [0.1, 0.15) is 0 Å². The Balaban J connectivity index is 1.27. The van der Waals surface area contributed by atoms with Crippen LogP contribution in [0.25, 0.3) is 0 Å². The van der Waals surface area contributed by atoms with E-state index in [1.54, 1.807) is 39.0 Å². The zero-order valence-electron chi connectivity index (χ0n) is 18.0. The van der Waals surface area contributed by atoms with Crippen LogP contribution in [0.4, 0.5) is 8.78 Å². The molecule has 2 aliphatic heterocycles. The van der Waals surface area contributed by atoms with E-state index in [4.69, 9.17) is 11.6 Å². The Morgan fingerprint density at radius 3 is 1.82 bits per heavy atom. The summed E-state index contributed by atoms with van der Waals surface area (Å²) in [6.07, 6.45) is 1.18. The number of likely N-dealkylation sites (tertiary alicyclic amines) is 1. The number of hydrogen-bond donors (Lipinski definition) is 0. The third-order valence-corrected chi connectivity index (χ3v) is 6.52. The predicted molar refractivity (Wildman–Crippen MR) is 119 cm³/mol. The Labute approximate surface area is 195 Å². The standard InChI is InChI=1S/C24H24ClF2N3O3/c25-19-4-1-16(2-5-19)22(31)28-9-7-17(8-10-28)23(32)29-11-13-30(14-12-29)24(33)18-3-6-20(26)21(27)15-18/h1-6,15,17H,7-14H2. The van der Waals surface area contributed by atoms with Crippen LogP contribution in [0, 0.1) is 17.6 Å². The van der Waals surface area contributed by atoms with Crippen molar-refractivity contribution >= 4 is 29.3 Å². The van der Waals surface area contributed by atoms with Gasteiger partial charge in [-0.2, -0.15) is 0 Å². The molecule has 0 saturated carbocycles. The van der Waals surface area contributed by atoms with Gasteiger partial charge in [-0.1, -0.05) is 11.6 Å². The van der Waals surface area contributed by atoms with Crippen LogP contribution in [0.5, 0.6) is 0 Å². The normalized spacial score (nSPS) is 17.2. The van der Waals surface area contributed by atoms with Crippen molar-refractivity contribution in [3.8, 4) is 0 Å². The highest BCUT2D eigenvalue weighted by Crippen LogP contribution is 2.23. The molecule has 174 valence electrons. The molecule has 2 aromatic carbocycles. The van der Waals surface area contributed by atoms with E-state index in [-0.39, 0.29) is 29.2 Å². The smallest absolute Gasteiger partial charge is 0.254 e. The highest BCUT2D eigenvalue weighted by molar-refractivity contribution is 6.30. The minimum Gasteiger partial charge on any atom is -0.339 e. The Bertz CT molecular complexity index is 1050. The molecule has 0 radical (unpaired) electrons. The van der Waals surface area contributed by atoms with Gasteiger partial charge in [-0.05, 0) is 55.3 Å². The maximum absolute atomic E-state index is 13.4. The summed E-state index contributed by atoms with van der Waals surface area (Å²) in [5.74, 6) is -2.63. The summed E-state index contributed by atoms with van der Waals surface area (Å²) in [5.41, 5.74) is 0.664. The molecule has 0 spiro atoms. The molecule has 2 saturated heterocycles. The first-order valence-corrected chi connectivity index (χ1v) is 11.3. The summed E-state index contributed by atoms with van der Waals surface area (Å²) in [6.45, 7) is 2.45. The van der Waals surface area contributed by atoms with E-state index in [9.17, 15) is 23.2 Å². The first-order valence-electron chi connectivity index (χ1n) is 10.9. The number of carbonyl (C=O) groups is 3. The molecule has 6 nitrogen and oxygen atoms in total. The third kappa shape index (κ3) is 5.16. The van der Waals surface area contributed by atoms with Gasteiger partial charge in [-0.15, -0.1) is 0 Å². The Kier molecular flexibility index (Phi) is 6.93. The van der Waals surface area contributed by atoms with Crippen LogP contribution in [0.2, 0.25) is 5.02 Å². The maximum Gasteiger partial charge on any atom is 0.254 e. The van der Waals surface area contributed by atoms with Crippen molar-refractivity contribution in [1.82, 2.24) is 14.7 Å². The van der Waals surface area contributed by atoms with Crippen molar-refractivity contribution in [2.45, 2.75) is 12.8 Å². The summed E-state index contributed by atoms with van der Waals surface area (Å²) < 4.78 is 26.6. The van der Waals surface area contributed by atoms with Gasteiger partial charge >= 0.3 is 0 Å². The van der Waals surface area contributed by atoms with Crippen LogP contribution in [0.15, 0.2) is 42.5 Å². The second kappa shape index (κ2) is 9.87. The number of hydrogen-bond acceptors (Lipinski definition) is 3. The number of nitrogens with zero attached hydrogens (tertiary/aromatic N) is 3. The van der Waals surface area contributed by atoms with Gasteiger partial charge in [-0.25, -0.2) is 8.78 Å². The van der Waals surface area contributed by atoms with Gasteiger partial charge in [0.05, 0.1) is 0 Å². The van der Waals surface area contributed by atoms with Gasteiger partial charge in [-0.3, -0.25) is 14.4 Å². The molecule has 0 atom stereocenters. The zero-order chi connectivity index (χ0) is 23.5. The minimum atomic E-state index is -1.06. The van der Waals surface area contributed by atoms with Gasteiger partial charge in [0.15, 0.2) is 11.6 Å². The lowest BCUT2D eigenvalue weighted by Crippen LogP contribution is -2.53. The molecule has 9 heteroatoms. The van der Waals surface area contributed by atoms with E-state index in [1.165, 1.54) is 6.07 Å².